The van der Waals surface area contributed by atoms with E-state index in [1.807, 2.05) is 16.7 Å². The Hall–Kier alpha value is -1.18. The third-order valence-corrected chi connectivity index (χ3v) is 6.35. The van der Waals surface area contributed by atoms with Crippen LogP contribution in [-0.4, -0.2) is 95.6 Å². The Morgan fingerprint density at radius 3 is 2.35 bits per heavy atom. The van der Waals surface area contributed by atoms with E-state index in [4.69, 9.17) is 0 Å². The molecule has 3 saturated heterocycles. The number of hydrogen-bond donors (Lipinski definition) is 2. The molecule has 3 aliphatic rings. The lowest BCUT2D eigenvalue weighted by Gasteiger charge is -2.44. The summed E-state index contributed by atoms with van der Waals surface area (Å²) in [6, 6.07) is -0.147. The van der Waals surface area contributed by atoms with Crippen molar-refractivity contribution in [3.8, 4) is 0 Å². The molecule has 2 atom stereocenters. The van der Waals surface area contributed by atoms with Gasteiger partial charge in [0.1, 0.15) is 6.04 Å². The van der Waals surface area contributed by atoms with E-state index in [1.54, 1.807) is 0 Å². The molecule has 2 N–H and O–H groups in total. The van der Waals surface area contributed by atoms with Crippen molar-refractivity contribution in [2.45, 2.75) is 63.6 Å². The largest absolute Gasteiger partial charge is 0.480 e. The van der Waals surface area contributed by atoms with Crippen molar-refractivity contribution in [3.05, 3.63) is 0 Å². The van der Waals surface area contributed by atoms with E-state index in [0.717, 1.165) is 65.1 Å². The first kappa shape index (κ1) is 19.6. The number of nitrogens with zero attached hydrogens (tertiary/aromatic N) is 3. The highest BCUT2D eigenvalue weighted by Crippen LogP contribution is 2.24. The van der Waals surface area contributed by atoms with Crippen molar-refractivity contribution in [1.82, 2.24) is 20.0 Å². The fourth-order valence-corrected chi connectivity index (χ4v) is 4.83. The van der Waals surface area contributed by atoms with Crippen molar-refractivity contribution < 1.29 is 14.7 Å². The van der Waals surface area contributed by atoms with Crippen molar-refractivity contribution in [2.24, 2.45) is 0 Å². The van der Waals surface area contributed by atoms with E-state index in [2.05, 4.69) is 10.2 Å². The number of piperazine rings is 1. The standard InChI is InChI=1S/C19H34N4O3/c1-2-16(19(25)26)23-10-4-3-5-17(23)18(24)22-13-11-21(12-14-22)15-6-8-20-9-7-15/h15-17,20H,2-14H2,1H3,(H,25,26). The number of carboxylic acid groups (broad SMARTS) is 1. The molecular weight excluding hydrogens is 332 g/mol. The summed E-state index contributed by atoms with van der Waals surface area (Å²) in [4.78, 5) is 31.2. The predicted octanol–water partition coefficient (Wildman–Crippen LogP) is 0.600. The number of carbonyl (C=O) groups excluding carboxylic acids is 1. The molecule has 0 aromatic heterocycles. The lowest BCUT2D eigenvalue weighted by Crippen LogP contribution is -2.60. The second-order valence-electron chi connectivity index (χ2n) is 7.85. The molecule has 7 heteroatoms. The maximum absolute atomic E-state index is 13.2. The molecule has 2 unspecified atom stereocenters. The van der Waals surface area contributed by atoms with Crippen LogP contribution in [0.2, 0.25) is 0 Å². The highest BCUT2D eigenvalue weighted by molar-refractivity contribution is 5.83. The normalized spacial score (nSPS) is 28.0. The number of likely N-dealkylation sites (tertiary alicyclic amines) is 1. The summed E-state index contributed by atoms with van der Waals surface area (Å²) in [6.07, 6.45) is 5.72. The Balaban J connectivity index is 1.58. The summed E-state index contributed by atoms with van der Waals surface area (Å²) in [6.45, 7) is 8.23. The van der Waals surface area contributed by atoms with Gasteiger partial charge in [-0.25, -0.2) is 0 Å². The molecule has 0 aromatic carbocycles. The molecular formula is C19H34N4O3. The molecule has 1 amide bonds. The van der Waals surface area contributed by atoms with Crippen LogP contribution < -0.4 is 5.32 Å². The predicted molar refractivity (Wildman–Crippen MR) is 100 cm³/mol. The van der Waals surface area contributed by atoms with Crippen molar-refractivity contribution in [2.75, 3.05) is 45.8 Å². The third-order valence-electron chi connectivity index (χ3n) is 6.35. The molecule has 0 spiro atoms. The molecule has 0 aliphatic carbocycles. The monoisotopic (exact) mass is 366 g/mol. The van der Waals surface area contributed by atoms with Crippen molar-refractivity contribution >= 4 is 11.9 Å². The van der Waals surface area contributed by atoms with E-state index in [1.165, 1.54) is 12.8 Å². The van der Waals surface area contributed by atoms with Crippen LogP contribution in [0.5, 0.6) is 0 Å². The van der Waals surface area contributed by atoms with Gasteiger partial charge in [0.15, 0.2) is 0 Å². The Kier molecular flexibility index (Phi) is 6.89. The Morgan fingerprint density at radius 2 is 1.73 bits per heavy atom. The van der Waals surface area contributed by atoms with E-state index in [-0.39, 0.29) is 11.9 Å². The van der Waals surface area contributed by atoms with Gasteiger partial charge < -0.3 is 15.3 Å². The van der Waals surface area contributed by atoms with E-state index in [9.17, 15) is 14.7 Å². The minimum atomic E-state index is -0.803. The first-order chi connectivity index (χ1) is 12.6. The fourth-order valence-electron chi connectivity index (χ4n) is 4.83. The maximum Gasteiger partial charge on any atom is 0.320 e. The molecule has 0 saturated carbocycles. The molecule has 3 fully saturated rings. The van der Waals surface area contributed by atoms with Gasteiger partial charge in [-0.3, -0.25) is 19.4 Å². The fraction of sp³-hybridized carbons (Fsp3) is 0.895. The first-order valence-corrected chi connectivity index (χ1v) is 10.3. The van der Waals surface area contributed by atoms with Gasteiger partial charge in [0.05, 0.1) is 6.04 Å². The maximum atomic E-state index is 13.2. The van der Waals surface area contributed by atoms with Gasteiger partial charge >= 0.3 is 5.97 Å². The summed E-state index contributed by atoms with van der Waals surface area (Å²) >= 11 is 0. The summed E-state index contributed by atoms with van der Waals surface area (Å²) in [5, 5.41) is 12.9. The van der Waals surface area contributed by atoms with Crippen LogP contribution in [0.25, 0.3) is 0 Å². The number of carbonyl (C=O) groups is 2. The highest BCUT2D eigenvalue weighted by atomic mass is 16.4. The smallest absolute Gasteiger partial charge is 0.320 e. The summed E-state index contributed by atoms with van der Waals surface area (Å²) in [5.41, 5.74) is 0. The van der Waals surface area contributed by atoms with E-state index < -0.39 is 12.0 Å². The molecule has 0 radical (unpaired) electrons. The number of rotatable bonds is 5. The average Bonchev–Trinajstić information content (AvgIpc) is 2.69. The minimum Gasteiger partial charge on any atom is -0.480 e. The molecule has 3 heterocycles. The molecule has 3 rings (SSSR count). The lowest BCUT2D eigenvalue weighted by atomic mass is 9.97. The number of amides is 1. The van der Waals surface area contributed by atoms with Crippen LogP contribution in [-0.2, 0) is 9.59 Å². The molecule has 148 valence electrons. The number of hydrogen-bond acceptors (Lipinski definition) is 5. The van der Waals surface area contributed by atoms with Gasteiger partial charge in [-0.15, -0.1) is 0 Å². The topological polar surface area (TPSA) is 76.1 Å². The highest BCUT2D eigenvalue weighted by Gasteiger charge is 2.38. The van der Waals surface area contributed by atoms with Gasteiger partial charge in [0.2, 0.25) is 5.91 Å². The summed E-state index contributed by atoms with van der Waals surface area (Å²) in [5.74, 6) is -0.655. The summed E-state index contributed by atoms with van der Waals surface area (Å²) in [7, 11) is 0. The Bertz CT molecular complexity index is 487. The zero-order valence-electron chi connectivity index (χ0n) is 16.0. The number of aliphatic carboxylic acids is 1. The van der Waals surface area contributed by atoms with Crippen LogP contribution >= 0.6 is 0 Å². The minimum absolute atomic E-state index is 0.148. The van der Waals surface area contributed by atoms with Crippen LogP contribution in [0.15, 0.2) is 0 Å². The van der Waals surface area contributed by atoms with Crippen molar-refractivity contribution in [3.63, 3.8) is 0 Å². The zero-order chi connectivity index (χ0) is 18.5. The van der Waals surface area contributed by atoms with Gasteiger partial charge in [0, 0.05) is 32.2 Å². The van der Waals surface area contributed by atoms with Crippen LogP contribution in [0, 0.1) is 0 Å². The van der Waals surface area contributed by atoms with Gasteiger partial charge in [-0.05, 0) is 51.7 Å². The average molecular weight is 367 g/mol. The van der Waals surface area contributed by atoms with E-state index in [0.29, 0.717) is 12.5 Å². The molecule has 0 aromatic rings. The molecule has 26 heavy (non-hydrogen) atoms. The second kappa shape index (κ2) is 9.15. The summed E-state index contributed by atoms with van der Waals surface area (Å²) < 4.78 is 0. The van der Waals surface area contributed by atoms with Crippen LogP contribution in [0.1, 0.15) is 45.4 Å². The zero-order valence-corrected chi connectivity index (χ0v) is 16.0. The Morgan fingerprint density at radius 1 is 1.04 bits per heavy atom. The van der Waals surface area contributed by atoms with Crippen LogP contribution in [0.4, 0.5) is 0 Å². The quantitative estimate of drug-likeness (QED) is 0.742. The van der Waals surface area contributed by atoms with Gasteiger partial charge in [-0.2, -0.15) is 0 Å². The lowest BCUT2D eigenvalue weighted by molar-refractivity contribution is -0.150. The number of nitrogens with one attached hydrogen (secondary N) is 1. The van der Waals surface area contributed by atoms with Crippen LogP contribution in [0.3, 0.4) is 0 Å². The first-order valence-electron chi connectivity index (χ1n) is 10.3. The SMILES string of the molecule is CCC(C(=O)O)N1CCCCC1C(=O)N1CCN(C2CCNCC2)CC1. The van der Waals surface area contributed by atoms with Crippen molar-refractivity contribution in [1.29, 1.82) is 0 Å². The third kappa shape index (κ3) is 4.38. The molecule has 7 nitrogen and oxygen atoms in total. The van der Waals surface area contributed by atoms with Gasteiger partial charge in [-0.1, -0.05) is 13.3 Å². The Labute approximate surface area is 156 Å². The molecule has 3 aliphatic heterocycles. The number of carboxylic acids is 1. The second-order valence-corrected chi connectivity index (χ2v) is 7.85. The van der Waals surface area contributed by atoms with Gasteiger partial charge in [0.25, 0.3) is 0 Å². The molecule has 0 bridgehead atoms. The number of piperidine rings is 2. The van der Waals surface area contributed by atoms with E-state index >= 15 is 0 Å².